The molecule has 7 nitrogen and oxygen atoms in total. The van der Waals surface area contributed by atoms with Gasteiger partial charge in [-0.25, -0.2) is 9.97 Å². The number of carbonyl (C=O) groups excluding carboxylic acids is 1. The molecule has 96 valence electrons. The maximum absolute atomic E-state index is 12.0. The summed E-state index contributed by atoms with van der Waals surface area (Å²) in [6, 6.07) is 0. The molecule has 8 heteroatoms. The van der Waals surface area contributed by atoms with Crippen LogP contribution in [0.25, 0.3) is 4.96 Å². The van der Waals surface area contributed by atoms with Gasteiger partial charge in [0.2, 0.25) is 0 Å². The lowest BCUT2D eigenvalue weighted by Gasteiger charge is -2.02. The molecule has 0 fully saturated rings. The van der Waals surface area contributed by atoms with Crippen molar-refractivity contribution < 1.29 is 4.79 Å². The Hall–Kier alpha value is -2.48. The number of rotatable bonds is 3. The number of aromatic nitrogens is 4. The molecule has 2 N–H and O–H groups in total. The maximum Gasteiger partial charge on any atom is 0.271 e. The van der Waals surface area contributed by atoms with Crippen LogP contribution in [0.1, 0.15) is 16.2 Å². The van der Waals surface area contributed by atoms with Crippen molar-refractivity contribution in [2.24, 2.45) is 0 Å². The first-order valence-electron chi connectivity index (χ1n) is 5.47. The summed E-state index contributed by atoms with van der Waals surface area (Å²) in [5, 5.41) is 4.36. The molecule has 3 aromatic rings. The van der Waals surface area contributed by atoms with E-state index in [2.05, 4.69) is 20.3 Å². The van der Waals surface area contributed by atoms with Crippen LogP contribution in [-0.4, -0.2) is 25.3 Å². The fourth-order valence-electron chi connectivity index (χ4n) is 1.63. The molecule has 0 unspecified atom stereocenters. The van der Waals surface area contributed by atoms with Gasteiger partial charge in [-0.3, -0.25) is 14.0 Å². The van der Waals surface area contributed by atoms with Crippen LogP contribution < -0.4 is 10.9 Å². The van der Waals surface area contributed by atoms with Crippen molar-refractivity contribution in [3.63, 3.8) is 0 Å². The quantitative estimate of drug-likeness (QED) is 0.724. The minimum atomic E-state index is -0.463. The number of hydrogen-bond acceptors (Lipinski definition) is 5. The number of fused-ring (bicyclic) bond motifs is 1. The van der Waals surface area contributed by atoms with Crippen molar-refractivity contribution in [2.45, 2.75) is 6.54 Å². The zero-order valence-corrected chi connectivity index (χ0v) is 10.5. The van der Waals surface area contributed by atoms with Crippen LogP contribution >= 0.6 is 11.3 Å². The van der Waals surface area contributed by atoms with Crippen molar-refractivity contribution in [3.8, 4) is 0 Å². The van der Waals surface area contributed by atoms with Gasteiger partial charge in [0, 0.05) is 30.2 Å². The summed E-state index contributed by atoms with van der Waals surface area (Å²) in [7, 11) is 0. The molecule has 0 radical (unpaired) electrons. The van der Waals surface area contributed by atoms with Gasteiger partial charge in [0.25, 0.3) is 11.5 Å². The van der Waals surface area contributed by atoms with Gasteiger partial charge in [-0.2, -0.15) is 0 Å². The van der Waals surface area contributed by atoms with E-state index in [0.717, 1.165) is 0 Å². The molecule has 0 aromatic carbocycles. The fraction of sp³-hybridized carbons (Fsp3) is 0.0909. The predicted octanol–water partition coefficient (Wildman–Crippen LogP) is 0.409. The molecule has 0 aliphatic heterocycles. The number of hydrogen-bond donors (Lipinski definition) is 2. The Morgan fingerprint density at radius 3 is 3.16 bits per heavy atom. The largest absolute Gasteiger partial charge is 0.347 e. The second kappa shape index (κ2) is 4.65. The summed E-state index contributed by atoms with van der Waals surface area (Å²) in [6.45, 7) is 0.234. The number of thiazole rings is 1. The summed E-state index contributed by atoms with van der Waals surface area (Å²) in [6.07, 6.45) is 6.15. The second-order valence-corrected chi connectivity index (χ2v) is 4.62. The first-order chi connectivity index (χ1) is 9.25. The zero-order chi connectivity index (χ0) is 13.2. The molecule has 3 rings (SSSR count). The van der Waals surface area contributed by atoms with Gasteiger partial charge >= 0.3 is 0 Å². The highest BCUT2D eigenvalue weighted by molar-refractivity contribution is 7.15. The monoisotopic (exact) mass is 275 g/mol. The minimum Gasteiger partial charge on any atom is -0.347 e. The number of aromatic amines is 1. The Morgan fingerprint density at radius 2 is 2.37 bits per heavy atom. The van der Waals surface area contributed by atoms with Gasteiger partial charge in [0.15, 0.2) is 4.96 Å². The van der Waals surface area contributed by atoms with Crippen LogP contribution in [-0.2, 0) is 6.54 Å². The SMILES string of the molecule is O=C(NCc1ncc[nH]1)c1cnc2sccn2c1=O. The molecule has 0 aliphatic carbocycles. The number of nitrogens with zero attached hydrogens (tertiary/aromatic N) is 3. The molecular weight excluding hydrogens is 266 g/mol. The molecule has 1 amide bonds. The highest BCUT2D eigenvalue weighted by atomic mass is 32.1. The topological polar surface area (TPSA) is 92.2 Å². The van der Waals surface area contributed by atoms with Crippen LogP contribution in [0.3, 0.4) is 0 Å². The maximum atomic E-state index is 12.0. The smallest absolute Gasteiger partial charge is 0.271 e. The second-order valence-electron chi connectivity index (χ2n) is 3.75. The fourth-order valence-corrected chi connectivity index (χ4v) is 2.31. The first kappa shape index (κ1) is 11.6. The Kier molecular flexibility index (Phi) is 2.84. The molecule has 0 atom stereocenters. The van der Waals surface area contributed by atoms with Gasteiger partial charge in [-0.1, -0.05) is 0 Å². The van der Waals surface area contributed by atoms with E-state index < -0.39 is 5.91 Å². The molecule has 3 aromatic heterocycles. The Bertz CT molecular complexity index is 774. The Morgan fingerprint density at radius 1 is 1.47 bits per heavy atom. The third kappa shape index (κ3) is 2.13. The van der Waals surface area contributed by atoms with E-state index in [-0.39, 0.29) is 17.7 Å². The van der Waals surface area contributed by atoms with Gasteiger partial charge < -0.3 is 10.3 Å². The van der Waals surface area contributed by atoms with Crippen LogP contribution in [0, 0.1) is 0 Å². The molecule has 0 saturated carbocycles. The standard InChI is InChI=1S/C11H9N5O2S/c17-9(14-6-8-12-1-2-13-8)7-5-15-11-16(10(7)18)3-4-19-11/h1-5H,6H2,(H,12,13)(H,14,17). The van der Waals surface area contributed by atoms with E-state index >= 15 is 0 Å². The summed E-state index contributed by atoms with van der Waals surface area (Å²) < 4.78 is 1.35. The molecule has 3 heterocycles. The van der Waals surface area contributed by atoms with Crippen molar-refractivity contribution in [2.75, 3.05) is 0 Å². The minimum absolute atomic E-state index is 0.0162. The zero-order valence-electron chi connectivity index (χ0n) is 9.66. The summed E-state index contributed by atoms with van der Waals surface area (Å²) in [4.78, 5) is 35.4. The first-order valence-corrected chi connectivity index (χ1v) is 6.35. The summed E-state index contributed by atoms with van der Waals surface area (Å²) in [5.74, 6) is 0.160. The lowest BCUT2D eigenvalue weighted by molar-refractivity contribution is 0.0948. The molecule has 0 saturated heterocycles. The average Bonchev–Trinajstić information content (AvgIpc) is 3.07. The van der Waals surface area contributed by atoms with Crippen molar-refractivity contribution in [3.05, 3.63) is 51.9 Å². The molecule has 19 heavy (non-hydrogen) atoms. The van der Waals surface area contributed by atoms with E-state index in [1.807, 2.05) is 0 Å². The third-order valence-electron chi connectivity index (χ3n) is 2.56. The average molecular weight is 275 g/mol. The lowest BCUT2D eigenvalue weighted by Crippen LogP contribution is -2.31. The van der Waals surface area contributed by atoms with Gasteiger partial charge in [-0.15, -0.1) is 11.3 Å². The van der Waals surface area contributed by atoms with Gasteiger partial charge in [-0.05, 0) is 0 Å². The highest BCUT2D eigenvalue weighted by Gasteiger charge is 2.13. The Labute approximate surface area is 111 Å². The van der Waals surface area contributed by atoms with E-state index in [0.29, 0.717) is 10.8 Å². The molecular formula is C11H9N5O2S. The van der Waals surface area contributed by atoms with E-state index in [9.17, 15) is 9.59 Å². The van der Waals surface area contributed by atoms with Crippen LogP contribution in [0.15, 0.2) is 35.0 Å². The number of H-pyrrole nitrogens is 1. The molecule has 0 aliphatic rings. The van der Waals surface area contributed by atoms with E-state index in [1.54, 1.807) is 24.0 Å². The number of carbonyl (C=O) groups is 1. The Balaban J connectivity index is 1.85. The lowest BCUT2D eigenvalue weighted by atomic mass is 10.3. The van der Waals surface area contributed by atoms with Crippen molar-refractivity contribution >= 4 is 22.2 Å². The highest BCUT2D eigenvalue weighted by Crippen LogP contribution is 2.05. The molecule has 0 bridgehead atoms. The van der Waals surface area contributed by atoms with Crippen LogP contribution in [0.4, 0.5) is 0 Å². The molecule has 0 spiro atoms. The van der Waals surface area contributed by atoms with E-state index in [1.165, 1.54) is 21.9 Å². The van der Waals surface area contributed by atoms with Gasteiger partial charge in [0.05, 0.1) is 6.54 Å². The predicted molar refractivity (Wildman–Crippen MR) is 69.1 cm³/mol. The number of amides is 1. The van der Waals surface area contributed by atoms with Gasteiger partial charge in [0.1, 0.15) is 11.4 Å². The number of imidazole rings is 1. The third-order valence-corrected chi connectivity index (χ3v) is 3.33. The van der Waals surface area contributed by atoms with Crippen molar-refractivity contribution in [1.29, 1.82) is 0 Å². The number of nitrogens with one attached hydrogen (secondary N) is 2. The van der Waals surface area contributed by atoms with Crippen molar-refractivity contribution in [1.82, 2.24) is 24.7 Å². The normalized spacial score (nSPS) is 10.7. The van der Waals surface area contributed by atoms with Crippen LogP contribution in [0.5, 0.6) is 0 Å². The van der Waals surface area contributed by atoms with E-state index in [4.69, 9.17) is 0 Å². The summed E-state index contributed by atoms with van der Waals surface area (Å²) in [5.41, 5.74) is -0.356. The van der Waals surface area contributed by atoms with Crippen LogP contribution in [0.2, 0.25) is 0 Å². The summed E-state index contributed by atoms with van der Waals surface area (Å²) >= 11 is 1.34.